The molecule has 0 spiro atoms. The van der Waals surface area contributed by atoms with E-state index < -0.39 is 12.0 Å². The van der Waals surface area contributed by atoms with Crippen molar-refractivity contribution in [2.24, 2.45) is 0 Å². The van der Waals surface area contributed by atoms with Gasteiger partial charge in [0.05, 0.1) is 0 Å². The molecule has 1 aliphatic heterocycles. The summed E-state index contributed by atoms with van der Waals surface area (Å²) in [6.07, 6.45) is 2.19. The summed E-state index contributed by atoms with van der Waals surface area (Å²) in [7, 11) is 0. The number of likely N-dealkylation sites (tertiary alicyclic amines) is 1. The Morgan fingerprint density at radius 2 is 2.06 bits per heavy atom. The van der Waals surface area contributed by atoms with Crippen LogP contribution in [-0.2, 0) is 4.79 Å². The number of aliphatic carboxylic acids is 1. The molecule has 1 atom stereocenters. The van der Waals surface area contributed by atoms with Crippen LogP contribution in [0.15, 0.2) is 22.7 Å². The normalized spacial score (nSPS) is 18.2. The Morgan fingerprint density at radius 1 is 1.41 bits per heavy atom. The van der Waals surface area contributed by atoms with E-state index in [0.717, 1.165) is 41.5 Å². The predicted octanol–water partition coefficient (Wildman–Crippen LogP) is 2.98. The molecule has 4 heteroatoms. The molecule has 1 saturated heterocycles. The fraction of sp³-hybridized carbons (Fsp3) is 0.462. The van der Waals surface area contributed by atoms with Crippen molar-refractivity contribution in [1.82, 2.24) is 4.90 Å². The molecule has 0 aliphatic carbocycles. The summed E-state index contributed by atoms with van der Waals surface area (Å²) in [5, 5.41) is 9.39. The first kappa shape index (κ1) is 12.6. The summed E-state index contributed by atoms with van der Waals surface area (Å²) in [5.41, 5.74) is 1.98. The van der Waals surface area contributed by atoms with E-state index in [1.807, 2.05) is 30.0 Å². The summed E-state index contributed by atoms with van der Waals surface area (Å²) in [5.74, 6) is -0.761. The zero-order valence-electron chi connectivity index (χ0n) is 9.82. The molecule has 1 fully saturated rings. The fourth-order valence-corrected chi connectivity index (χ4v) is 2.69. The summed E-state index contributed by atoms with van der Waals surface area (Å²) in [6.45, 7) is 3.75. The molecular formula is C13H16BrNO2. The zero-order valence-corrected chi connectivity index (χ0v) is 11.4. The predicted molar refractivity (Wildman–Crippen MR) is 70.1 cm³/mol. The molecule has 3 nitrogen and oxygen atoms in total. The maximum atomic E-state index is 11.4. The molecule has 1 heterocycles. The molecular weight excluding hydrogens is 282 g/mol. The lowest BCUT2D eigenvalue weighted by molar-refractivity contribution is -0.143. The van der Waals surface area contributed by atoms with E-state index in [9.17, 15) is 9.90 Å². The first-order valence-electron chi connectivity index (χ1n) is 5.82. The molecule has 1 aliphatic rings. The highest BCUT2D eigenvalue weighted by molar-refractivity contribution is 9.10. The highest BCUT2D eigenvalue weighted by atomic mass is 79.9. The van der Waals surface area contributed by atoms with Crippen LogP contribution in [0.4, 0.5) is 0 Å². The molecule has 1 aromatic carbocycles. The van der Waals surface area contributed by atoms with Crippen molar-refractivity contribution in [2.45, 2.75) is 25.8 Å². The number of carboxylic acids is 1. The average Bonchev–Trinajstić information content (AvgIpc) is 2.76. The molecule has 0 aromatic heterocycles. The van der Waals surface area contributed by atoms with Crippen molar-refractivity contribution in [2.75, 3.05) is 13.1 Å². The Morgan fingerprint density at radius 3 is 2.59 bits per heavy atom. The average molecular weight is 298 g/mol. The molecule has 0 amide bonds. The number of benzene rings is 1. The largest absolute Gasteiger partial charge is 0.480 e. The van der Waals surface area contributed by atoms with Crippen molar-refractivity contribution in [3.63, 3.8) is 0 Å². The minimum Gasteiger partial charge on any atom is -0.480 e. The van der Waals surface area contributed by atoms with Crippen molar-refractivity contribution in [1.29, 1.82) is 0 Å². The van der Waals surface area contributed by atoms with Crippen molar-refractivity contribution in [3.8, 4) is 0 Å². The van der Waals surface area contributed by atoms with Crippen LogP contribution in [0, 0.1) is 6.92 Å². The summed E-state index contributed by atoms with van der Waals surface area (Å²) < 4.78 is 0.973. The number of aryl methyl sites for hydroxylation is 1. The number of halogens is 1. The first-order valence-corrected chi connectivity index (χ1v) is 6.62. The molecule has 1 unspecified atom stereocenters. The Balaban J connectivity index is 2.31. The molecule has 92 valence electrons. The van der Waals surface area contributed by atoms with Gasteiger partial charge in [-0.1, -0.05) is 28.1 Å². The van der Waals surface area contributed by atoms with Crippen LogP contribution in [-0.4, -0.2) is 29.1 Å². The third kappa shape index (κ3) is 2.69. The first-order chi connectivity index (χ1) is 8.09. The van der Waals surface area contributed by atoms with Crippen molar-refractivity contribution >= 4 is 21.9 Å². The van der Waals surface area contributed by atoms with E-state index in [-0.39, 0.29) is 0 Å². The molecule has 1 N–H and O–H groups in total. The van der Waals surface area contributed by atoms with Gasteiger partial charge in [0.15, 0.2) is 0 Å². The van der Waals surface area contributed by atoms with Crippen LogP contribution in [0.1, 0.15) is 30.0 Å². The molecule has 1 aromatic rings. The van der Waals surface area contributed by atoms with Gasteiger partial charge in [-0.05, 0) is 50.0 Å². The zero-order chi connectivity index (χ0) is 12.4. The maximum Gasteiger partial charge on any atom is 0.325 e. The molecule has 0 saturated carbocycles. The SMILES string of the molecule is Cc1ccc(C(C(=O)O)N2CCCC2)cc1Br. The van der Waals surface area contributed by atoms with Crippen LogP contribution in [0.5, 0.6) is 0 Å². The number of hydrogen-bond acceptors (Lipinski definition) is 2. The van der Waals surface area contributed by atoms with Gasteiger partial charge >= 0.3 is 5.97 Å². The smallest absolute Gasteiger partial charge is 0.325 e. The molecule has 17 heavy (non-hydrogen) atoms. The van der Waals surface area contributed by atoms with Gasteiger partial charge in [0.2, 0.25) is 0 Å². The second kappa shape index (κ2) is 5.19. The second-order valence-corrected chi connectivity index (χ2v) is 5.35. The van der Waals surface area contributed by atoms with E-state index in [0.29, 0.717) is 0 Å². The number of nitrogens with zero attached hydrogens (tertiary/aromatic N) is 1. The van der Waals surface area contributed by atoms with E-state index in [2.05, 4.69) is 15.9 Å². The number of hydrogen-bond donors (Lipinski definition) is 1. The van der Waals surface area contributed by atoms with E-state index in [4.69, 9.17) is 0 Å². The Kier molecular flexibility index (Phi) is 3.84. The van der Waals surface area contributed by atoms with E-state index >= 15 is 0 Å². The van der Waals surface area contributed by atoms with Crippen molar-refractivity contribution < 1.29 is 9.90 Å². The van der Waals surface area contributed by atoms with Gasteiger partial charge in [-0.3, -0.25) is 9.69 Å². The summed E-state index contributed by atoms with van der Waals surface area (Å²) >= 11 is 3.46. The highest BCUT2D eigenvalue weighted by Gasteiger charge is 2.29. The lowest BCUT2D eigenvalue weighted by Gasteiger charge is -2.24. The topological polar surface area (TPSA) is 40.5 Å². The van der Waals surface area contributed by atoms with Crippen LogP contribution in [0.3, 0.4) is 0 Å². The van der Waals surface area contributed by atoms with Crippen molar-refractivity contribution in [3.05, 3.63) is 33.8 Å². The van der Waals surface area contributed by atoms with Gasteiger partial charge < -0.3 is 5.11 Å². The third-order valence-electron chi connectivity index (χ3n) is 3.25. The third-order valence-corrected chi connectivity index (χ3v) is 4.11. The second-order valence-electron chi connectivity index (χ2n) is 4.49. The number of carbonyl (C=O) groups is 1. The Labute approximate surface area is 110 Å². The van der Waals surface area contributed by atoms with Crippen LogP contribution in [0.25, 0.3) is 0 Å². The van der Waals surface area contributed by atoms with Crippen LogP contribution in [0.2, 0.25) is 0 Å². The summed E-state index contributed by atoms with van der Waals surface area (Å²) in [4.78, 5) is 13.5. The quantitative estimate of drug-likeness (QED) is 0.932. The van der Waals surface area contributed by atoms with E-state index in [1.54, 1.807) is 0 Å². The van der Waals surface area contributed by atoms with Gasteiger partial charge in [0.25, 0.3) is 0 Å². The van der Waals surface area contributed by atoms with Gasteiger partial charge in [0.1, 0.15) is 6.04 Å². The Hall–Kier alpha value is -0.870. The van der Waals surface area contributed by atoms with Gasteiger partial charge in [-0.2, -0.15) is 0 Å². The van der Waals surface area contributed by atoms with E-state index in [1.165, 1.54) is 0 Å². The van der Waals surface area contributed by atoms with Gasteiger partial charge in [0, 0.05) is 4.47 Å². The van der Waals surface area contributed by atoms with Gasteiger partial charge in [-0.25, -0.2) is 0 Å². The number of rotatable bonds is 3. The maximum absolute atomic E-state index is 11.4. The lowest BCUT2D eigenvalue weighted by atomic mass is 10.0. The monoisotopic (exact) mass is 297 g/mol. The Bertz CT molecular complexity index is 427. The number of carboxylic acid groups (broad SMARTS) is 1. The standard InChI is InChI=1S/C13H16BrNO2/c1-9-4-5-10(8-11(9)14)12(13(16)17)15-6-2-3-7-15/h4-5,8,12H,2-3,6-7H2,1H3,(H,16,17). The minimum atomic E-state index is -0.761. The highest BCUT2D eigenvalue weighted by Crippen LogP contribution is 2.28. The minimum absolute atomic E-state index is 0.505. The fourth-order valence-electron chi connectivity index (χ4n) is 2.29. The van der Waals surface area contributed by atoms with Gasteiger partial charge in [-0.15, -0.1) is 0 Å². The van der Waals surface area contributed by atoms with Crippen LogP contribution < -0.4 is 0 Å². The molecule has 0 radical (unpaired) electrons. The molecule has 2 rings (SSSR count). The lowest BCUT2D eigenvalue weighted by Crippen LogP contribution is -2.31. The summed E-state index contributed by atoms with van der Waals surface area (Å²) in [6, 6.07) is 5.30. The molecule has 0 bridgehead atoms. The van der Waals surface area contributed by atoms with Crippen LogP contribution >= 0.6 is 15.9 Å².